The number of unbranched alkanes of at least 4 members (excludes halogenated alkanes) is 2. The van der Waals surface area contributed by atoms with Gasteiger partial charge in [0, 0.05) is 18.0 Å². The zero-order valence-corrected chi connectivity index (χ0v) is 11.4. The van der Waals surface area contributed by atoms with Crippen LogP contribution in [0.5, 0.6) is 0 Å². The molecule has 106 valence electrons. The number of nitrogens with two attached hydrogens (primary N) is 1. The maximum atomic E-state index is 11.8. The Morgan fingerprint density at radius 1 is 1.26 bits per heavy atom. The summed E-state index contributed by atoms with van der Waals surface area (Å²) >= 11 is 0. The van der Waals surface area contributed by atoms with E-state index in [0.717, 1.165) is 31.5 Å². The third kappa shape index (κ3) is 6.79. The molecule has 0 unspecified atom stereocenters. The molecule has 0 aromatic heterocycles. The summed E-state index contributed by atoms with van der Waals surface area (Å²) in [5.41, 5.74) is 7.02. The molecule has 0 radical (unpaired) electrons. The van der Waals surface area contributed by atoms with E-state index in [1.165, 1.54) is 0 Å². The molecule has 0 fully saturated rings. The van der Waals surface area contributed by atoms with E-state index < -0.39 is 0 Å². The molecule has 0 aliphatic rings. The van der Waals surface area contributed by atoms with Crippen molar-refractivity contribution < 1.29 is 9.90 Å². The number of aliphatic hydroxyl groups is 1. The molecule has 0 bridgehead atoms. The molecule has 5 nitrogen and oxygen atoms in total. The number of anilines is 2. The molecule has 0 aliphatic heterocycles. The van der Waals surface area contributed by atoms with Gasteiger partial charge in [-0.15, -0.1) is 0 Å². The number of nitrogens with one attached hydrogen (secondary N) is 1. The molecule has 5 heteroatoms. The van der Waals surface area contributed by atoms with Crippen LogP contribution in [-0.2, 0) is 4.79 Å². The lowest BCUT2D eigenvalue weighted by molar-refractivity contribution is -0.117. The Labute approximate surface area is 114 Å². The van der Waals surface area contributed by atoms with Gasteiger partial charge in [0.25, 0.3) is 0 Å². The molecule has 0 saturated carbocycles. The minimum atomic E-state index is -0.0329. The van der Waals surface area contributed by atoms with Crippen molar-refractivity contribution in [2.45, 2.75) is 19.3 Å². The third-order valence-electron chi connectivity index (χ3n) is 2.81. The normalized spacial score (nSPS) is 10.7. The number of hydrogen-bond acceptors (Lipinski definition) is 4. The van der Waals surface area contributed by atoms with E-state index in [4.69, 9.17) is 10.8 Å². The molecule has 0 heterocycles. The minimum absolute atomic E-state index is 0.0329. The van der Waals surface area contributed by atoms with Crippen LogP contribution in [-0.4, -0.2) is 42.7 Å². The van der Waals surface area contributed by atoms with Gasteiger partial charge in [-0.3, -0.25) is 9.69 Å². The fourth-order valence-electron chi connectivity index (χ4n) is 1.76. The highest BCUT2D eigenvalue weighted by Gasteiger charge is 2.06. The predicted octanol–water partition coefficient (Wildman–Crippen LogP) is 1.30. The second-order valence-corrected chi connectivity index (χ2v) is 4.69. The SMILES string of the molecule is CN(CCCCCO)CC(=O)Nc1ccc(N)cc1. The fraction of sp³-hybridized carbons (Fsp3) is 0.500. The lowest BCUT2D eigenvalue weighted by Crippen LogP contribution is -2.30. The predicted molar refractivity (Wildman–Crippen MR) is 77.9 cm³/mol. The van der Waals surface area contributed by atoms with Crippen molar-refractivity contribution in [2.24, 2.45) is 0 Å². The number of benzene rings is 1. The summed E-state index contributed by atoms with van der Waals surface area (Å²) in [5.74, 6) is -0.0329. The molecule has 0 saturated heterocycles. The number of carbonyl (C=O) groups excluding carboxylic acids is 1. The first kappa shape index (κ1) is 15.5. The van der Waals surface area contributed by atoms with Crippen LogP contribution in [0.4, 0.5) is 11.4 Å². The first-order valence-electron chi connectivity index (χ1n) is 6.56. The molecular weight excluding hydrogens is 242 g/mol. The third-order valence-corrected chi connectivity index (χ3v) is 2.81. The molecule has 0 aliphatic carbocycles. The van der Waals surface area contributed by atoms with Crippen LogP contribution in [0.3, 0.4) is 0 Å². The van der Waals surface area contributed by atoms with E-state index >= 15 is 0 Å². The van der Waals surface area contributed by atoms with Crippen molar-refractivity contribution in [1.29, 1.82) is 0 Å². The van der Waals surface area contributed by atoms with Gasteiger partial charge in [0.05, 0.1) is 6.54 Å². The quantitative estimate of drug-likeness (QED) is 0.489. The average molecular weight is 265 g/mol. The summed E-state index contributed by atoms with van der Waals surface area (Å²) in [7, 11) is 1.92. The number of aliphatic hydroxyl groups excluding tert-OH is 1. The highest BCUT2D eigenvalue weighted by atomic mass is 16.2. The van der Waals surface area contributed by atoms with E-state index in [0.29, 0.717) is 12.2 Å². The topological polar surface area (TPSA) is 78.6 Å². The first-order valence-corrected chi connectivity index (χ1v) is 6.56. The number of hydrogen-bond donors (Lipinski definition) is 3. The number of amides is 1. The second-order valence-electron chi connectivity index (χ2n) is 4.69. The Kier molecular flexibility index (Phi) is 6.92. The summed E-state index contributed by atoms with van der Waals surface area (Å²) in [5, 5.41) is 11.5. The maximum Gasteiger partial charge on any atom is 0.238 e. The van der Waals surface area contributed by atoms with Crippen LogP contribution in [0.1, 0.15) is 19.3 Å². The standard InChI is InChI=1S/C14H23N3O2/c1-17(9-3-2-4-10-18)11-14(19)16-13-7-5-12(15)6-8-13/h5-8,18H,2-4,9-11,15H2,1H3,(H,16,19). The van der Waals surface area contributed by atoms with Gasteiger partial charge in [0.15, 0.2) is 0 Å². The summed E-state index contributed by atoms with van der Waals surface area (Å²) in [4.78, 5) is 13.7. The van der Waals surface area contributed by atoms with Crippen molar-refractivity contribution in [3.05, 3.63) is 24.3 Å². The molecule has 0 spiro atoms. The molecule has 4 N–H and O–H groups in total. The highest BCUT2D eigenvalue weighted by Crippen LogP contribution is 2.10. The Hall–Kier alpha value is -1.59. The van der Waals surface area contributed by atoms with E-state index in [-0.39, 0.29) is 12.5 Å². The lowest BCUT2D eigenvalue weighted by atomic mass is 10.2. The largest absolute Gasteiger partial charge is 0.399 e. The zero-order chi connectivity index (χ0) is 14.1. The van der Waals surface area contributed by atoms with Gasteiger partial charge in [0.1, 0.15) is 0 Å². The van der Waals surface area contributed by atoms with Gasteiger partial charge in [-0.1, -0.05) is 0 Å². The van der Waals surface area contributed by atoms with Gasteiger partial charge in [-0.2, -0.15) is 0 Å². The van der Waals surface area contributed by atoms with E-state index in [9.17, 15) is 4.79 Å². The molecule has 1 aromatic rings. The van der Waals surface area contributed by atoms with Crippen molar-refractivity contribution in [1.82, 2.24) is 4.90 Å². The van der Waals surface area contributed by atoms with E-state index in [1.54, 1.807) is 24.3 Å². The summed E-state index contributed by atoms with van der Waals surface area (Å²) in [6, 6.07) is 7.09. The maximum absolute atomic E-state index is 11.8. The zero-order valence-electron chi connectivity index (χ0n) is 11.4. The number of likely N-dealkylation sites (N-methyl/N-ethyl adjacent to an activating group) is 1. The molecule has 1 rings (SSSR count). The monoisotopic (exact) mass is 265 g/mol. The smallest absolute Gasteiger partial charge is 0.238 e. The lowest BCUT2D eigenvalue weighted by Gasteiger charge is -2.16. The molecule has 19 heavy (non-hydrogen) atoms. The Bertz CT molecular complexity index is 379. The summed E-state index contributed by atoms with van der Waals surface area (Å²) < 4.78 is 0. The summed E-state index contributed by atoms with van der Waals surface area (Å²) in [6.07, 6.45) is 2.80. The van der Waals surface area contributed by atoms with Gasteiger partial charge in [-0.25, -0.2) is 0 Å². The number of carbonyl (C=O) groups is 1. The Morgan fingerprint density at radius 3 is 2.58 bits per heavy atom. The minimum Gasteiger partial charge on any atom is -0.399 e. The highest BCUT2D eigenvalue weighted by molar-refractivity contribution is 5.92. The second kappa shape index (κ2) is 8.50. The first-order chi connectivity index (χ1) is 9.11. The number of nitrogens with zero attached hydrogens (tertiary/aromatic N) is 1. The van der Waals surface area contributed by atoms with E-state index in [2.05, 4.69) is 5.32 Å². The number of nitrogen functional groups attached to an aromatic ring is 1. The van der Waals surface area contributed by atoms with Gasteiger partial charge < -0.3 is 16.2 Å². The van der Waals surface area contributed by atoms with E-state index in [1.807, 2.05) is 11.9 Å². The van der Waals surface area contributed by atoms with Crippen LogP contribution in [0.25, 0.3) is 0 Å². The number of rotatable bonds is 8. The van der Waals surface area contributed by atoms with Crippen LogP contribution in [0, 0.1) is 0 Å². The van der Waals surface area contributed by atoms with Gasteiger partial charge in [0.2, 0.25) is 5.91 Å². The summed E-state index contributed by atoms with van der Waals surface area (Å²) in [6.45, 7) is 1.46. The molecule has 1 amide bonds. The van der Waals surface area contributed by atoms with Gasteiger partial charge >= 0.3 is 0 Å². The van der Waals surface area contributed by atoms with Crippen molar-refractivity contribution in [3.63, 3.8) is 0 Å². The van der Waals surface area contributed by atoms with Crippen molar-refractivity contribution in [2.75, 3.05) is 37.8 Å². The fourth-order valence-corrected chi connectivity index (χ4v) is 1.76. The van der Waals surface area contributed by atoms with Crippen LogP contribution >= 0.6 is 0 Å². The Morgan fingerprint density at radius 2 is 1.95 bits per heavy atom. The van der Waals surface area contributed by atoms with Crippen LogP contribution in [0.15, 0.2) is 24.3 Å². The van der Waals surface area contributed by atoms with Crippen molar-refractivity contribution >= 4 is 17.3 Å². The molecular formula is C14H23N3O2. The average Bonchev–Trinajstić information content (AvgIpc) is 2.37. The Balaban J connectivity index is 2.24. The van der Waals surface area contributed by atoms with Crippen LogP contribution in [0.2, 0.25) is 0 Å². The van der Waals surface area contributed by atoms with Crippen LogP contribution < -0.4 is 11.1 Å². The molecule has 0 atom stereocenters. The molecule has 1 aromatic carbocycles. The van der Waals surface area contributed by atoms with Gasteiger partial charge in [-0.05, 0) is 57.1 Å². The van der Waals surface area contributed by atoms with Crippen molar-refractivity contribution in [3.8, 4) is 0 Å².